The van der Waals surface area contributed by atoms with Crippen LogP contribution in [0.25, 0.3) is 33.3 Å². The first kappa shape index (κ1) is 25.3. The van der Waals surface area contributed by atoms with Gasteiger partial charge in [-0.2, -0.15) is 5.10 Å². The molecule has 0 unspecified atom stereocenters. The largest absolute Gasteiger partial charge is 0.460 e. The molecule has 2 aromatic carbocycles. The molecule has 0 aliphatic carbocycles. The Morgan fingerprint density at radius 2 is 1.79 bits per heavy atom. The number of benzene rings is 2. The maximum Gasteiger partial charge on any atom is 0.276 e. The van der Waals surface area contributed by atoms with Gasteiger partial charge in [0.15, 0.2) is 5.69 Å². The van der Waals surface area contributed by atoms with E-state index in [1.54, 1.807) is 48.9 Å². The fourth-order valence-corrected chi connectivity index (χ4v) is 3.94. The minimum atomic E-state index is -0.377. The highest BCUT2D eigenvalue weighted by Gasteiger charge is 2.16. The average Bonchev–Trinajstić information content (AvgIpc) is 3.38. The summed E-state index contributed by atoms with van der Waals surface area (Å²) in [6, 6.07) is 17.1. The number of nitrogens with one attached hydrogen (secondary N) is 2. The van der Waals surface area contributed by atoms with E-state index >= 15 is 0 Å². The third-order valence-corrected chi connectivity index (χ3v) is 5.84. The quantitative estimate of drug-likeness (QED) is 0.169. The van der Waals surface area contributed by atoms with Gasteiger partial charge in [0, 0.05) is 22.7 Å². The molecule has 3 aromatic heterocycles. The Balaban J connectivity index is 1.35. The summed E-state index contributed by atoms with van der Waals surface area (Å²) < 4.78 is 19.1. The van der Waals surface area contributed by atoms with Crippen molar-refractivity contribution in [3.05, 3.63) is 127 Å². The number of anilines is 1. The van der Waals surface area contributed by atoms with E-state index in [0.717, 1.165) is 22.2 Å². The van der Waals surface area contributed by atoms with Crippen molar-refractivity contribution in [3.63, 3.8) is 0 Å². The third-order valence-electron chi connectivity index (χ3n) is 5.84. The van der Waals surface area contributed by atoms with Gasteiger partial charge >= 0.3 is 0 Å². The second kappa shape index (κ2) is 11.4. The first-order valence-electron chi connectivity index (χ1n) is 12.1. The maximum absolute atomic E-state index is 13.2. The number of hydrogen-bond donors (Lipinski definition) is 2. The van der Waals surface area contributed by atoms with Crippen molar-refractivity contribution in [2.75, 3.05) is 5.32 Å². The SMILES string of the molecule is C=C/C=C\C=C(/C)Oc1cncc(-c2ccc3[nH]nc(C(=O)Nc4ccc(-c5ccc(F)cc5)nc4)c3c2)c1. The predicted octanol–water partition coefficient (Wildman–Crippen LogP) is 7.10. The Kier molecular flexibility index (Phi) is 7.36. The monoisotopic (exact) mass is 517 g/mol. The highest BCUT2D eigenvalue weighted by Crippen LogP contribution is 2.28. The minimum absolute atomic E-state index is 0.252. The molecule has 0 saturated carbocycles. The van der Waals surface area contributed by atoms with Crippen LogP contribution in [0.3, 0.4) is 0 Å². The van der Waals surface area contributed by atoms with Gasteiger partial charge in [-0.05, 0) is 73.2 Å². The number of H-pyrrole nitrogens is 1. The number of carbonyl (C=O) groups is 1. The topological polar surface area (TPSA) is 92.8 Å². The van der Waals surface area contributed by atoms with Gasteiger partial charge in [-0.1, -0.05) is 30.9 Å². The number of halogens is 1. The molecule has 1 amide bonds. The summed E-state index contributed by atoms with van der Waals surface area (Å²) in [6.45, 7) is 5.50. The molecule has 0 fully saturated rings. The zero-order valence-electron chi connectivity index (χ0n) is 21.1. The van der Waals surface area contributed by atoms with Crippen LogP contribution >= 0.6 is 0 Å². The Labute approximate surface area is 224 Å². The predicted molar refractivity (Wildman–Crippen MR) is 151 cm³/mol. The normalized spacial score (nSPS) is 11.6. The first-order chi connectivity index (χ1) is 19.0. The summed E-state index contributed by atoms with van der Waals surface area (Å²) in [5.74, 6) is 0.610. The fraction of sp³-hybridized carbons (Fsp3) is 0.0323. The second-order valence-electron chi connectivity index (χ2n) is 8.64. The van der Waals surface area contributed by atoms with Gasteiger partial charge < -0.3 is 10.1 Å². The zero-order valence-corrected chi connectivity index (χ0v) is 21.1. The second-order valence-corrected chi connectivity index (χ2v) is 8.64. The number of hydrogen-bond acceptors (Lipinski definition) is 5. The maximum atomic E-state index is 13.2. The molecule has 192 valence electrons. The zero-order chi connectivity index (χ0) is 27.2. The number of pyridine rings is 2. The molecule has 0 atom stereocenters. The molecule has 39 heavy (non-hydrogen) atoms. The van der Waals surface area contributed by atoms with Crippen molar-refractivity contribution in [2.45, 2.75) is 6.92 Å². The summed E-state index contributed by atoms with van der Waals surface area (Å²) >= 11 is 0. The molecule has 2 N–H and O–H groups in total. The van der Waals surface area contributed by atoms with Crippen LogP contribution in [0.4, 0.5) is 10.1 Å². The molecular weight excluding hydrogens is 493 g/mol. The molecule has 0 spiro atoms. The molecule has 0 bridgehead atoms. The van der Waals surface area contributed by atoms with E-state index < -0.39 is 0 Å². The molecule has 0 radical (unpaired) electrons. The number of ether oxygens (including phenoxy) is 1. The van der Waals surface area contributed by atoms with Gasteiger partial charge in [0.2, 0.25) is 0 Å². The molecular formula is C31H24FN5O2. The summed E-state index contributed by atoms with van der Waals surface area (Å²) in [7, 11) is 0. The van der Waals surface area contributed by atoms with E-state index in [1.807, 2.05) is 49.4 Å². The number of rotatable bonds is 8. The number of carbonyl (C=O) groups excluding carboxylic acids is 1. The van der Waals surface area contributed by atoms with Crippen LogP contribution in [-0.4, -0.2) is 26.1 Å². The number of nitrogens with zero attached hydrogens (tertiary/aromatic N) is 3. The Morgan fingerprint density at radius 1 is 0.974 bits per heavy atom. The molecule has 5 rings (SSSR count). The summed E-state index contributed by atoms with van der Waals surface area (Å²) in [5, 5.41) is 10.7. The van der Waals surface area contributed by atoms with Gasteiger partial charge in [-0.3, -0.25) is 19.9 Å². The third kappa shape index (κ3) is 5.97. The smallest absolute Gasteiger partial charge is 0.276 e. The van der Waals surface area contributed by atoms with Crippen molar-refractivity contribution in [1.29, 1.82) is 0 Å². The average molecular weight is 518 g/mol. The summed E-state index contributed by atoms with van der Waals surface area (Å²) in [6.07, 6.45) is 12.1. The Hall–Kier alpha value is -5.37. The van der Waals surface area contributed by atoms with Crippen molar-refractivity contribution in [2.24, 2.45) is 0 Å². The number of fused-ring (bicyclic) bond motifs is 1. The van der Waals surface area contributed by atoms with Crippen molar-refractivity contribution in [3.8, 4) is 28.1 Å². The van der Waals surface area contributed by atoms with Crippen LogP contribution < -0.4 is 10.1 Å². The number of aromatic nitrogens is 4. The minimum Gasteiger partial charge on any atom is -0.460 e. The highest BCUT2D eigenvalue weighted by atomic mass is 19.1. The van der Waals surface area contributed by atoms with Crippen LogP contribution in [0.15, 0.2) is 116 Å². The molecule has 5 aromatic rings. The van der Waals surface area contributed by atoms with Crippen LogP contribution in [0.1, 0.15) is 17.4 Å². The molecule has 3 heterocycles. The van der Waals surface area contributed by atoms with Gasteiger partial charge in [0.1, 0.15) is 17.3 Å². The standard InChI is InChI=1S/C31H24FN5O2/c1-3-4-5-6-20(2)39-26-15-23(17-33-19-26)22-9-13-29-27(16-22)30(37-36-29)31(38)35-25-12-14-28(34-18-25)21-7-10-24(32)11-8-21/h3-19H,1H2,2H3,(H,35,38)(H,36,37)/b5-4-,20-6+. The lowest BCUT2D eigenvalue weighted by molar-refractivity contribution is 0.102. The number of allylic oxidation sites excluding steroid dienone is 5. The van der Waals surface area contributed by atoms with Crippen LogP contribution in [0.5, 0.6) is 5.75 Å². The summed E-state index contributed by atoms with van der Waals surface area (Å²) in [4.78, 5) is 21.8. The molecule has 8 heteroatoms. The Bertz CT molecular complexity index is 1700. The molecule has 0 saturated heterocycles. The lowest BCUT2D eigenvalue weighted by Gasteiger charge is -2.08. The van der Waals surface area contributed by atoms with Crippen LogP contribution in [0.2, 0.25) is 0 Å². The molecule has 7 nitrogen and oxygen atoms in total. The molecule has 0 aliphatic heterocycles. The van der Waals surface area contributed by atoms with E-state index in [9.17, 15) is 9.18 Å². The van der Waals surface area contributed by atoms with Crippen molar-refractivity contribution >= 4 is 22.5 Å². The lowest BCUT2D eigenvalue weighted by atomic mass is 10.0. The molecule has 0 aliphatic rings. The van der Waals surface area contributed by atoms with Crippen LogP contribution in [-0.2, 0) is 0 Å². The Morgan fingerprint density at radius 3 is 2.56 bits per heavy atom. The first-order valence-corrected chi connectivity index (χ1v) is 12.1. The van der Waals surface area contributed by atoms with E-state index in [2.05, 4.69) is 32.1 Å². The van der Waals surface area contributed by atoms with Gasteiger partial charge in [0.25, 0.3) is 5.91 Å². The van der Waals surface area contributed by atoms with Gasteiger partial charge in [-0.15, -0.1) is 0 Å². The van der Waals surface area contributed by atoms with Gasteiger partial charge in [-0.25, -0.2) is 4.39 Å². The van der Waals surface area contributed by atoms with Crippen molar-refractivity contribution in [1.82, 2.24) is 20.2 Å². The number of aromatic amines is 1. The van der Waals surface area contributed by atoms with E-state index in [-0.39, 0.29) is 17.4 Å². The fourth-order valence-electron chi connectivity index (χ4n) is 3.94. The van der Waals surface area contributed by atoms with E-state index in [0.29, 0.717) is 28.3 Å². The van der Waals surface area contributed by atoms with Gasteiger partial charge in [0.05, 0.1) is 29.3 Å². The summed E-state index contributed by atoms with van der Waals surface area (Å²) in [5.41, 5.74) is 4.62. The number of amides is 1. The lowest BCUT2D eigenvalue weighted by Crippen LogP contribution is -2.13. The van der Waals surface area contributed by atoms with Crippen molar-refractivity contribution < 1.29 is 13.9 Å². The van der Waals surface area contributed by atoms with E-state index in [4.69, 9.17) is 4.74 Å². The van der Waals surface area contributed by atoms with E-state index in [1.165, 1.54) is 12.1 Å². The highest BCUT2D eigenvalue weighted by molar-refractivity contribution is 6.11. The van der Waals surface area contributed by atoms with Crippen LogP contribution in [0, 0.1) is 5.82 Å².